The molecule has 2 aromatic rings. The van der Waals surface area contributed by atoms with Crippen molar-refractivity contribution in [3.05, 3.63) is 41.8 Å². The van der Waals surface area contributed by atoms with E-state index in [1.807, 2.05) is 6.92 Å². The van der Waals surface area contributed by atoms with Gasteiger partial charge in [-0.15, -0.1) is 0 Å². The lowest BCUT2D eigenvalue weighted by atomic mass is 10.2. The molecule has 0 radical (unpaired) electrons. The Morgan fingerprint density at radius 3 is 2.67 bits per heavy atom. The highest BCUT2D eigenvalue weighted by molar-refractivity contribution is 5.58. The molecule has 0 amide bonds. The van der Waals surface area contributed by atoms with Crippen LogP contribution in [0.2, 0.25) is 0 Å². The van der Waals surface area contributed by atoms with Crippen LogP contribution in [0.3, 0.4) is 0 Å². The first kappa shape index (κ1) is 15.0. The third-order valence-electron chi connectivity index (χ3n) is 2.53. The SMILES string of the molecule is CCNc1ncc(F)c(Nc2cccc(C(F)(F)F)c2)n1. The van der Waals surface area contributed by atoms with Gasteiger partial charge >= 0.3 is 6.18 Å². The largest absolute Gasteiger partial charge is 0.416 e. The number of aromatic nitrogens is 2. The van der Waals surface area contributed by atoms with E-state index in [1.165, 1.54) is 12.1 Å². The fraction of sp³-hybridized carbons (Fsp3) is 0.231. The molecule has 1 aromatic carbocycles. The molecule has 0 aliphatic heterocycles. The van der Waals surface area contributed by atoms with Gasteiger partial charge < -0.3 is 10.6 Å². The second-order valence-corrected chi connectivity index (χ2v) is 4.12. The summed E-state index contributed by atoms with van der Waals surface area (Å²) in [6.45, 7) is 2.35. The molecule has 1 aromatic heterocycles. The number of halogens is 4. The third kappa shape index (κ3) is 3.80. The maximum absolute atomic E-state index is 13.6. The van der Waals surface area contributed by atoms with Gasteiger partial charge in [-0.1, -0.05) is 6.07 Å². The summed E-state index contributed by atoms with van der Waals surface area (Å²) in [5.74, 6) is -0.761. The average molecular weight is 300 g/mol. The van der Waals surface area contributed by atoms with Crippen molar-refractivity contribution in [1.82, 2.24) is 9.97 Å². The van der Waals surface area contributed by atoms with Crippen molar-refractivity contribution in [1.29, 1.82) is 0 Å². The molecule has 0 atom stereocenters. The molecule has 21 heavy (non-hydrogen) atoms. The van der Waals surface area contributed by atoms with E-state index in [-0.39, 0.29) is 17.5 Å². The average Bonchev–Trinajstić information content (AvgIpc) is 2.42. The van der Waals surface area contributed by atoms with Crippen molar-refractivity contribution in [2.75, 3.05) is 17.2 Å². The predicted molar refractivity (Wildman–Crippen MR) is 70.9 cm³/mol. The maximum atomic E-state index is 13.6. The Balaban J connectivity index is 2.27. The number of benzene rings is 1. The summed E-state index contributed by atoms with van der Waals surface area (Å²) in [6, 6.07) is 4.44. The van der Waals surface area contributed by atoms with Crippen LogP contribution in [0.4, 0.5) is 35.0 Å². The Morgan fingerprint density at radius 2 is 2.00 bits per heavy atom. The smallest absolute Gasteiger partial charge is 0.354 e. The Hall–Kier alpha value is -2.38. The summed E-state index contributed by atoms with van der Waals surface area (Å²) < 4.78 is 51.4. The molecular formula is C13H12F4N4. The van der Waals surface area contributed by atoms with E-state index < -0.39 is 17.6 Å². The monoisotopic (exact) mass is 300 g/mol. The van der Waals surface area contributed by atoms with Gasteiger partial charge in [0.2, 0.25) is 5.95 Å². The molecule has 0 saturated heterocycles. The van der Waals surface area contributed by atoms with E-state index in [0.29, 0.717) is 6.54 Å². The van der Waals surface area contributed by atoms with Crippen LogP contribution in [0.5, 0.6) is 0 Å². The molecule has 2 N–H and O–H groups in total. The molecular weight excluding hydrogens is 288 g/mol. The minimum absolute atomic E-state index is 0.0878. The van der Waals surface area contributed by atoms with Gasteiger partial charge in [0, 0.05) is 12.2 Å². The fourth-order valence-corrected chi connectivity index (χ4v) is 1.61. The highest BCUT2D eigenvalue weighted by Crippen LogP contribution is 2.31. The molecule has 0 fully saturated rings. The fourth-order valence-electron chi connectivity index (χ4n) is 1.61. The quantitative estimate of drug-likeness (QED) is 0.843. The van der Waals surface area contributed by atoms with Gasteiger partial charge in [-0.2, -0.15) is 18.2 Å². The van der Waals surface area contributed by atoms with Gasteiger partial charge in [0.25, 0.3) is 0 Å². The van der Waals surface area contributed by atoms with E-state index in [9.17, 15) is 17.6 Å². The van der Waals surface area contributed by atoms with Crippen molar-refractivity contribution >= 4 is 17.5 Å². The van der Waals surface area contributed by atoms with Crippen molar-refractivity contribution < 1.29 is 17.6 Å². The molecule has 0 saturated carbocycles. The van der Waals surface area contributed by atoms with Gasteiger partial charge in [0.1, 0.15) is 0 Å². The molecule has 1 heterocycles. The number of alkyl halides is 3. The number of hydrogen-bond donors (Lipinski definition) is 2. The first-order valence-corrected chi connectivity index (χ1v) is 6.11. The van der Waals surface area contributed by atoms with Crippen LogP contribution < -0.4 is 10.6 Å². The van der Waals surface area contributed by atoms with Crippen molar-refractivity contribution in [3.63, 3.8) is 0 Å². The third-order valence-corrected chi connectivity index (χ3v) is 2.53. The van der Waals surface area contributed by atoms with Crippen molar-refractivity contribution in [2.45, 2.75) is 13.1 Å². The Kier molecular flexibility index (Phi) is 4.25. The summed E-state index contributed by atoms with van der Waals surface area (Å²) in [5.41, 5.74) is -0.737. The standard InChI is InChI=1S/C13H12F4N4/c1-2-18-12-19-7-10(14)11(21-12)20-9-5-3-4-8(6-9)13(15,16)17/h3-7H,2H2,1H3,(H2,18,19,20,21). The topological polar surface area (TPSA) is 49.8 Å². The summed E-state index contributed by atoms with van der Waals surface area (Å²) >= 11 is 0. The van der Waals surface area contributed by atoms with Gasteiger partial charge in [0.05, 0.1) is 11.8 Å². The number of nitrogens with zero attached hydrogens (tertiary/aromatic N) is 2. The summed E-state index contributed by atoms with van der Waals surface area (Å²) in [6.07, 6.45) is -3.52. The lowest BCUT2D eigenvalue weighted by Crippen LogP contribution is -2.07. The van der Waals surface area contributed by atoms with Crippen LogP contribution in [-0.2, 0) is 6.18 Å². The lowest BCUT2D eigenvalue weighted by Gasteiger charge is -2.11. The number of rotatable bonds is 4. The van der Waals surface area contributed by atoms with E-state index in [4.69, 9.17) is 0 Å². The molecule has 8 heteroatoms. The minimum Gasteiger partial charge on any atom is -0.354 e. The highest BCUT2D eigenvalue weighted by Gasteiger charge is 2.30. The lowest BCUT2D eigenvalue weighted by molar-refractivity contribution is -0.137. The van der Waals surface area contributed by atoms with Crippen LogP contribution in [0.25, 0.3) is 0 Å². The van der Waals surface area contributed by atoms with Crippen molar-refractivity contribution in [2.24, 2.45) is 0 Å². The molecule has 0 aliphatic rings. The van der Waals surface area contributed by atoms with Gasteiger partial charge in [0.15, 0.2) is 11.6 Å². The van der Waals surface area contributed by atoms with Crippen LogP contribution in [0.1, 0.15) is 12.5 Å². The second kappa shape index (κ2) is 5.94. The molecule has 4 nitrogen and oxygen atoms in total. The normalized spacial score (nSPS) is 11.3. The van der Waals surface area contributed by atoms with E-state index in [0.717, 1.165) is 18.3 Å². The van der Waals surface area contributed by atoms with E-state index in [1.54, 1.807) is 0 Å². The zero-order valence-electron chi connectivity index (χ0n) is 11.0. The van der Waals surface area contributed by atoms with Crippen molar-refractivity contribution in [3.8, 4) is 0 Å². The Bertz CT molecular complexity index is 628. The van der Waals surface area contributed by atoms with Crippen LogP contribution in [0, 0.1) is 5.82 Å². The zero-order chi connectivity index (χ0) is 15.5. The molecule has 0 aliphatic carbocycles. The van der Waals surface area contributed by atoms with Gasteiger partial charge in [-0.3, -0.25) is 0 Å². The molecule has 0 bridgehead atoms. The highest BCUT2D eigenvalue weighted by atomic mass is 19.4. The first-order valence-electron chi connectivity index (χ1n) is 6.11. The summed E-state index contributed by atoms with van der Waals surface area (Å²) in [5, 5.41) is 5.31. The molecule has 0 spiro atoms. The Morgan fingerprint density at radius 1 is 1.24 bits per heavy atom. The maximum Gasteiger partial charge on any atom is 0.416 e. The molecule has 0 unspecified atom stereocenters. The zero-order valence-corrected chi connectivity index (χ0v) is 11.0. The molecule has 2 rings (SSSR count). The van der Waals surface area contributed by atoms with Crippen LogP contribution >= 0.6 is 0 Å². The molecule has 112 valence electrons. The number of nitrogens with one attached hydrogen (secondary N) is 2. The van der Waals surface area contributed by atoms with E-state index >= 15 is 0 Å². The van der Waals surface area contributed by atoms with Crippen LogP contribution in [0.15, 0.2) is 30.5 Å². The number of anilines is 3. The van der Waals surface area contributed by atoms with Gasteiger partial charge in [-0.05, 0) is 25.1 Å². The van der Waals surface area contributed by atoms with E-state index in [2.05, 4.69) is 20.6 Å². The summed E-state index contributed by atoms with van der Waals surface area (Å²) in [4.78, 5) is 7.57. The second-order valence-electron chi connectivity index (χ2n) is 4.12. The van der Waals surface area contributed by atoms with Crippen LogP contribution in [-0.4, -0.2) is 16.5 Å². The predicted octanol–water partition coefficient (Wildman–Crippen LogP) is 3.81. The summed E-state index contributed by atoms with van der Waals surface area (Å²) in [7, 11) is 0. The van der Waals surface area contributed by atoms with Gasteiger partial charge in [-0.25, -0.2) is 9.37 Å². The first-order chi connectivity index (χ1) is 9.90. The Labute approximate surface area is 118 Å². The number of hydrogen-bond acceptors (Lipinski definition) is 4. The minimum atomic E-state index is -4.46.